The van der Waals surface area contributed by atoms with Crippen molar-refractivity contribution < 1.29 is 14.0 Å². The van der Waals surface area contributed by atoms with Gasteiger partial charge in [-0.2, -0.15) is 0 Å². The molecule has 0 saturated carbocycles. The maximum atomic E-state index is 13.1. The molecule has 2 N–H and O–H groups in total. The van der Waals surface area contributed by atoms with E-state index in [9.17, 15) is 14.0 Å². The van der Waals surface area contributed by atoms with Crippen LogP contribution in [0, 0.1) is 5.82 Å². The van der Waals surface area contributed by atoms with Crippen LogP contribution in [0.3, 0.4) is 0 Å². The van der Waals surface area contributed by atoms with Crippen LogP contribution in [-0.2, 0) is 19.5 Å². The Hall–Kier alpha value is -3.48. The molecule has 0 fully saturated rings. The van der Waals surface area contributed by atoms with Gasteiger partial charge in [-0.25, -0.2) is 9.37 Å². The van der Waals surface area contributed by atoms with Crippen LogP contribution in [0.5, 0.6) is 0 Å². The average Bonchev–Trinajstić information content (AvgIpc) is 3.14. The molecule has 0 radical (unpaired) electrons. The van der Waals surface area contributed by atoms with Gasteiger partial charge in [-0.15, -0.1) is 0 Å². The molecule has 2 amide bonds. The fourth-order valence-electron chi connectivity index (χ4n) is 3.48. The topological polar surface area (TPSA) is 76.0 Å². The lowest BCUT2D eigenvalue weighted by atomic mass is 10.1. The molecule has 1 aliphatic rings. The number of fused-ring (bicyclic) bond motifs is 1. The highest BCUT2D eigenvalue weighted by molar-refractivity contribution is 6.05. The first-order chi connectivity index (χ1) is 14.1. The Bertz CT molecular complexity index is 1030. The van der Waals surface area contributed by atoms with Gasteiger partial charge in [-0.1, -0.05) is 30.3 Å². The van der Waals surface area contributed by atoms with Crippen molar-refractivity contribution in [2.24, 2.45) is 0 Å². The van der Waals surface area contributed by atoms with E-state index in [4.69, 9.17) is 0 Å². The molecule has 7 heteroatoms. The van der Waals surface area contributed by atoms with Crippen molar-refractivity contribution in [3.8, 4) is 0 Å². The summed E-state index contributed by atoms with van der Waals surface area (Å²) in [7, 11) is 0. The zero-order chi connectivity index (χ0) is 20.2. The minimum Gasteiger partial charge on any atom is -0.345 e. The van der Waals surface area contributed by atoms with Crippen LogP contribution in [0.2, 0.25) is 0 Å². The Morgan fingerprint density at radius 3 is 2.52 bits per heavy atom. The summed E-state index contributed by atoms with van der Waals surface area (Å²) in [6, 6.07) is 15.1. The number of benzene rings is 2. The number of halogens is 1. The maximum Gasteiger partial charge on any atom is 0.287 e. The summed E-state index contributed by atoms with van der Waals surface area (Å²) in [5.41, 5.74) is 2.48. The molecule has 3 aromatic rings. The number of imidazole rings is 1. The fraction of sp³-hybridized carbons (Fsp3) is 0.227. The van der Waals surface area contributed by atoms with E-state index in [1.165, 1.54) is 24.3 Å². The summed E-state index contributed by atoms with van der Waals surface area (Å²) < 4.78 is 14.9. The Morgan fingerprint density at radius 2 is 1.76 bits per heavy atom. The third-order valence-electron chi connectivity index (χ3n) is 4.93. The molecular formula is C22H21FN4O2. The normalized spacial score (nSPS) is 12.9. The van der Waals surface area contributed by atoms with Crippen molar-refractivity contribution >= 4 is 17.5 Å². The molecule has 148 valence electrons. The van der Waals surface area contributed by atoms with E-state index >= 15 is 0 Å². The molecular weight excluding hydrogens is 371 g/mol. The van der Waals surface area contributed by atoms with E-state index in [2.05, 4.69) is 15.6 Å². The van der Waals surface area contributed by atoms with Crippen molar-refractivity contribution in [1.29, 1.82) is 0 Å². The molecule has 6 nitrogen and oxygen atoms in total. The van der Waals surface area contributed by atoms with Gasteiger partial charge in [-0.05, 0) is 49.1 Å². The highest BCUT2D eigenvalue weighted by Crippen LogP contribution is 2.22. The Kier molecular flexibility index (Phi) is 5.37. The summed E-state index contributed by atoms with van der Waals surface area (Å²) in [5, 5.41) is 5.61. The van der Waals surface area contributed by atoms with Crippen molar-refractivity contribution in [3.63, 3.8) is 0 Å². The minimum atomic E-state index is -0.399. The van der Waals surface area contributed by atoms with Gasteiger partial charge >= 0.3 is 0 Å². The van der Waals surface area contributed by atoms with Gasteiger partial charge in [0, 0.05) is 18.8 Å². The van der Waals surface area contributed by atoms with Gasteiger partial charge in [0.25, 0.3) is 11.8 Å². The highest BCUT2D eigenvalue weighted by Gasteiger charge is 2.27. The third-order valence-corrected chi connectivity index (χ3v) is 4.93. The Balaban J connectivity index is 1.55. The molecule has 0 spiro atoms. The van der Waals surface area contributed by atoms with Crippen LogP contribution in [0.4, 0.5) is 10.1 Å². The SMILES string of the molecule is O=C(Nc1ccc(F)cc1)c1nc(C(=O)NCc2ccccc2)n2c1CCCC2. The van der Waals surface area contributed by atoms with Gasteiger partial charge in [0.15, 0.2) is 11.5 Å². The predicted molar refractivity (Wildman–Crippen MR) is 107 cm³/mol. The summed E-state index contributed by atoms with van der Waals surface area (Å²) >= 11 is 0. The smallest absolute Gasteiger partial charge is 0.287 e. The van der Waals surface area contributed by atoms with Crippen LogP contribution in [0.1, 0.15) is 45.2 Å². The Labute approximate surface area is 167 Å². The average molecular weight is 392 g/mol. The standard InChI is InChI=1S/C22H21FN4O2/c23-16-9-11-17(12-10-16)25-21(28)19-18-8-4-5-13-27(18)20(26-19)22(29)24-14-15-6-2-1-3-7-15/h1-3,6-7,9-12H,4-5,8,13-14H2,(H,24,29)(H,25,28). The van der Waals surface area contributed by atoms with E-state index in [1.54, 1.807) is 0 Å². The number of rotatable bonds is 5. The molecule has 0 atom stereocenters. The number of hydrogen-bond acceptors (Lipinski definition) is 3. The Morgan fingerprint density at radius 1 is 1.00 bits per heavy atom. The van der Waals surface area contributed by atoms with Crippen LogP contribution >= 0.6 is 0 Å². The van der Waals surface area contributed by atoms with Crippen molar-refractivity contribution in [2.45, 2.75) is 32.4 Å². The first kappa shape index (κ1) is 18.9. The molecule has 4 rings (SSSR count). The predicted octanol–water partition coefficient (Wildman–Crippen LogP) is 3.54. The first-order valence-electron chi connectivity index (χ1n) is 9.60. The molecule has 29 heavy (non-hydrogen) atoms. The van der Waals surface area contributed by atoms with Crippen LogP contribution in [0.15, 0.2) is 54.6 Å². The van der Waals surface area contributed by atoms with Crippen molar-refractivity contribution in [3.05, 3.63) is 83.2 Å². The second-order valence-corrected chi connectivity index (χ2v) is 6.97. The van der Waals surface area contributed by atoms with E-state index in [1.807, 2.05) is 34.9 Å². The lowest BCUT2D eigenvalue weighted by Crippen LogP contribution is -2.27. The van der Waals surface area contributed by atoms with Gasteiger partial charge in [0.05, 0.1) is 5.69 Å². The highest BCUT2D eigenvalue weighted by atomic mass is 19.1. The quantitative estimate of drug-likeness (QED) is 0.697. The number of aromatic nitrogens is 2. The van der Waals surface area contributed by atoms with Gasteiger partial charge in [0.1, 0.15) is 5.82 Å². The number of nitrogens with one attached hydrogen (secondary N) is 2. The molecule has 1 aliphatic heterocycles. The van der Waals surface area contributed by atoms with E-state index in [0.717, 1.165) is 24.1 Å². The monoisotopic (exact) mass is 392 g/mol. The van der Waals surface area contributed by atoms with Crippen LogP contribution in [-0.4, -0.2) is 21.4 Å². The summed E-state index contributed by atoms with van der Waals surface area (Å²) in [6.07, 6.45) is 2.56. The number of hydrogen-bond donors (Lipinski definition) is 2. The molecule has 1 aromatic heterocycles. The number of amides is 2. The van der Waals surface area contributed by atoms with Gasteiger partial charge in [-0.3, -0.25) is 9.59 Å². The van der Waals surface area contributed by atoms with Crippen molar-refractivity contribution in [2.75, 3.05) is 5.32 Å². The zero-order valence-corrected chi connectivity index (χ0v) is 15.8. The van der Waals surface area contributed by atoms with E-state index in [-0.39, 0.29) is 23.2 Å². The maximum absolute atomic E-state index is 13.1. The number of nitrogens with zero attached hydrogens (tertiary/aromatic N) is 2. The second kappa shape index (κ2) is 8.26. The van der Waals surface area contributed by atoms with Crippen LogP contribution in [0.25, 0.3) is 0 Å². The van der Waals surface area contributed by atoms with Crippen LogP contribution < -0.4 is 10.6 Å². The number of carbonyl (C=O) groups excluding carboxylic acids is 2. The summed E-state index contributed by atoms with van der Waals surface area (Å²) in [4.78, 5) is 29.9. The van der Waals surface area contributed by atoms with E-state index in [0.29, 0.717) is 25.2 Å². The van der Waals surface area contributed by atoms with Gasteiger partial charge < -0.3 is 15.2 Å². The third kappa shape index (κ3) is 4.18. The summed E-state index contributed by atoms with van der Waals surface area (Å²) in [6.45, 7) is 1.04. The van der Waals surface area contributed by atoms with E-state index < -0.39 is 5.91 Å². The second-order valence-electron chi connectivity index (χ2n) is 6.97. The molecule has 0 saturated heterocycles. The first-order valence-corrected chi connectivity index (χ1v) is 9.60. The molecule has 2 aromatic carbocycles. The summed E-state index contributed by atoms with van der Waals surface area (Å²) in [5.74, 6) is -0.832. The van der Waals surface area contributed by atoms with Gasteiger partial charge in [0.2, 0.25) is 0 Å². The molecule has 0 bridgehead atoms. The molecule has 0 unspecified atom stereocenters. The lowest BCUT2D eigenvalue weighted by Gasteiger charge is -2.17. The fourth-order valence-corrected chi connectivity index (χ4v) is 3.48. The minimum absolute atomic E-state index is 0.249. The zero-order valence-electron chi connectivity index (χ0n) is 15.8. The van der Waals surface area contributed by atoms with Crippen molar-refractivity contribution in [1.82, 2.24) is 14.9 Å². The lowest BCUT2D eigenvalue weighted by molar-refractivity contribution is 0.0935. The molecule has 2 heterocycles. The number of carbonyl (C=O) groups is 2. The molecule has 0 aliphatic carbocycles. The largest absolute Gasteiger partial charge is 0.345 e. The number of anilines is 1.